The lowest BCUT2D eigenvalue weighted by Crippen LogP contribution is -3.00. The Kier molecular flexibility index (Phi) is 7.78. The first-order valence-electron chi connectivity index (χ1n) is 4.60. The molecule has 0 fully saturated rings. The fraction of sp³-hybridized carbons (Fsp3) is 0.700. The summed E-state index contributed by atoms with van der Waals surface area (Å²) in [7, 11) is 6.47. The predicted molar refractivity (Wildman–Crippen MR) is 55.1 cm³/mol. The van der Waals surface area contributed by atoms with Gasteiger partial charge in [0.25, 0.3) is 0 Å². The van der Waals surface area contributed by atoms with Gasteiger partial charge in [-0.15, -0.1) is 0 Å². The molecule has 0 saturated carbocycles. The Morgan fingerprint density at radius 1 is 1.36 bits per heavy atom. The molecule has 0 unspecified atom stereocenters. The average molecular weight is 221 g/mol. The number of carbonyl (C=O) groups is 1. The Morgan fingerprint density at radius 3 is 2.21 bits per heavy atom. The summed E-state index contributed by atoms with van der Waals surface area (Å²) < 4.78 is 0.962. The molecule has 0 bridgehead atoms. The maximum absolute atomic E-state index is 10.6. The fourth-order valence-electron chi connectivity index (χ4n) is 0.985. The van der Waals surface area contributed by atoms with Crippen molar-refractivity contribution in [2.45, 2.75) is 19.8 Å². The van der Waals surface area contributed by atoms with E-state index in [1.807, 2.05) is 6.08 Å². The number of amides is 1. The summed E-state index contributed by atoms with van der Waals surface area (Å²) in [4.78, 5) is 10.6. The van der Waals surface area contributed by atoms with Crippen molar-refractivity contribution in [1.82, 2.24) is 0 Å². The van der Waals surface area contributed by atoms with Gasteiger partial charge in [0.15, 0.2) is 0 Å². The van der Waals surface area contributed by atoms with Gasteiger partial charge in [-0.25, -0.2) is 0 Å². The van der Waals surface area contributed by atoms with E-state index in [2.05, 4.69) is 21.1 Å². The molecule has 0 heterocycles. The van der Waals surface area contributed by atoms with E-state index in [-0.39, 0.29) is 18.3 Å². The van der Waals surface area contributed by atoms with Crippen LogP contribution in [-0.4, -0.2) is 38.1 Å². The third-order valence-corrected chi connectivity index (χ3v) is 1.87. The number of nitrogens with two attached hydrogens (primary N) is 1. The van der Waals surface area contributed by atoms with Crippen LogP contribution in [0.25, 0.3) is 0 Å². The second kappa shape index (κ2) is 6.85. The lowest BCUT2D eigenvalue weighted by atomic mass is 10.2. The Labute approximate surface area is 93.0 Å². The predicted octanol–water partition coefficient (Wildman–Crippen LogP) is -2.09. The monoisotopic (exact) mass is 220 g/mol. The van der Waals surface area contributed by atoms with Crippen molar-refractivity contribution in [2.75, 3.05) is 27.7 Å². The molecule has 0 saturated heterocycles. The van der Waals surface area contributed by atoms with Crippen LogP contribution in [0.1, 0.15) is 19.8 Å². The van der Waals surface area contributed by atoms with Crippen molar-refractivity contribution in [3.63, 3.8) is 0 Å². The number of halogens is 1. The number of unbranched alkanes of at least 4 members (excludes halogenated alkanes) is 1. The Hall–Kier alpha value is -0.540. The molecule has 0 atom stereocenters. The number of rotatable bonds is 5. The average Bonchev–Trinajstić information content (AvgIpc) is 1.95. The summed E-state index contributed by atoms with van der Waals surface area (Å²) >= 11 is 0. The van der Waals surface area contributed by atoms with E-state index in [9.17, 15) is 4.79 Å². The molecule has 0 aromatic carbocycles. The summed E-state index contributed by atoms with van der Waals surface area (Å²) in [5, 5.41) is 0. The van der Waals surface area contributed by atoms with E-state index in [1.165, 1.54) is 0 Å². The highest BCUT2D eigenvalue weighted by molar-refractivity contribution is 5.91. The third-order valence-electron chi connectivity index (χ3n) is 1.87. The second-order valence-electron chi connectivity index (χ2n) is 4.41. The van der Waals surface area contributed by atoms with Gasteiger partial charge in [0.2, 0.25) is 5.91 Å². The molecule has 0 aliphatic rings. The molecule has 0 aromatic rings. The normalized spacial score (nSPS) is 12.1. The summed E-state index contributed by atoms with van der Waals surface area (Å²) in [5.41, 5.74) is 5.76. The van der Waals surface area contributed by atoms with Gasteiger partial charge in [0.05, 0.1) is 27.7 Å². The summed E-state index contributed by atoms with van der Waals surface area (Å²) in [6.45, 7) is 2.87. The van der Waals surface area contributed by atoms with Crippen LogP contribution in [-0.2, 0) is 4.79 Å². The van der Waals surface area contributed by atoms with Gasteiger partial charge in [-0.2, -0.15) is 0 Å². The number of primary amides is 1. The van der Waals surface area contributed by atoms with Gasteiger partial charge in [0.1, 0.15) is 0 Å². The lowest BCUT2D eigenvalue weighted by molar-refractivity contribution is -0.870. The highest BCUT2D eigenvalue weighted by atomic mass is 35.5. The van der Waals surface area contributed by atoms with E-state index in [0.717, 1.165) is 23.9 Å². The minimum absolute atomic E-state index is 0. The first kappa shape index (κ1) is 15.9. The topological polar surface area (TPSA) is 43.1 Å². The highest BCUT2D eigenvalue weighted by Gasteiger charge is 2.04. The zero-order valence-electron chi connectivity index (χ0n) is 9.51. The minimum atomic E-state index is -0.315. The van der Waals surface area contributed by atoms with Gasteiger partial charge in [-0.05, 0) is 13.3 Å². The van der Waals surface area contributed by atoms with Crippen molar-refractivity contribution in [3.05, 3.63) is 11.6 Å². The zero-order chi connectivity index (χ0) is 10.5. The number of quaternary nitrogens is 1. The van der Waals surface area contributed by atoms with Crippen LogP contribution in [0.5, 0.6) is 0 Å². The number of nitrogens with zero attached hydrogens (tertiary/aromatic N) is 1. The molecule has 4 heteroatoms. The molecule has 84 valence electrons. The van der Waals surface area contributed by atoms with Crippen molar-refractivity contribution in [2.24, 2.45) is 5.73 Å². The van der Waals surface area contributed by atoms with Crippen LogP contribution in [0.2, 0.25) is 0 Å². The van der Waals surface area contributed by atoms with Crippen LogP contribution >= 0.6 is 0 Å². The fourth-order valence-corrected chi connectivity index (χ4v) is 0.985. The van der Waals surface area contributed by atoms with Gasteiger partial charge in [0, 0.05) is 12.0 Å². The summed E-state index contributed by atoms with van der Waals surface area (Å²) in [6.07, 6.45) is 3.94. The van der Waals surface area contributed by atoms with E-state index in [1.54, 1.807) is 6.92 Å². The van der Waals surface area contributed by atoms with Crippen LogP contribution < -0.4 is 18.1 Å². The molecule has 2 N–H and O–H groups in total. The van der Waals surface area contributed by atoms with Crippen LogP contribution in [0.3, 0.4) is 0 Å². The lowest BCUT2D eigenvalue weighted by Gasteiger charge is -2.23. The number of hydrogen-bond acceptors (Lipinski definition) is 1. The molecular weight excluding hydrogens is 200 g/mol. The van der Waals surface area contributed by atoms with Gasteiger partial charge < -0.3 is 22.6 Å². The smallest absolute Gasteiger partial charge is 0.244 e. The van der Waals surface area contributed by atoms with Crippen molar-refractivity contribution < 1.29 is 21.7 Å². The quantitative estimate of drug-likeness (QED) is 0.322. The number of carbonyl (C=O) groups excluding carboxylic acids is 1. The first-order valence-corrected chi connectivity index (χ1v) is 4.60. The van der Waals surface area contributed by atoms with Gasteiger partial charge in [-0.3, -0.25) is 4.79 Å². The highest BCUT2D eigenvalue weighted by Crippen LogP contribution is 2.01. The largest absolute Gasteiger partial charge is 1.00 e. The maximum atomic E-state index is 10.6. The molecule has 0 aliphatic heterocycles. The maximum Gasteiger partial charge on any atom is 0.244 e. The van der Waals surface area contributed by atoms with Gasteiger partial charge in [-0.1, -0.05) is 6.08 Å². The number of hydrogen-bond donors (Lipinski definition) is 1. The molecular formula is C10H21ClN2O. The Bertz CT molecular complexity index is 207. The Balaban J connectivity index is 0. The molecule has 3 nitrogen and oxygen atoms in total. The third kappa shape index (κ3) is 9.55. The minimum Gasteiger partial charge on any atom is -1.00 e. The standard InChI is InChI=1S/C10H20N2O.ClH/c1-9(10(11)13)7-5-6-8-12(2,3)4;/h7H,5-6,8H2,1-4H3,(H-,11,13);1H. The van der Waals surface area contributed by atoms with Crippen LogP contribution in [0, 0.1) is 0 Å². The van der Waals surface area contributed by atoms with Crippen LogP contribution in [0.4, 0.5) is 0 Å². The van der Waals surface area contributed by atoms with E-state index in [0.29, 0.717) is 5.57 Å². The Morgan fingerprint density at radius 2 is 1.86 bits per heavy atom. The SMILES string of the molecule is CC(=CCCC[N+](C)(C)C)C(N)=O.[Cl-]. The molecule has 0 spiro atoms. The molecule has 14 heavy (non-hydrogen) atoms. The van der Waals surface area contributed by atoms with E-state index >= 15 is 0 Å². The van der Waals surface area contributed by atoms with E-state index in [4.69, 9.17) is 5.73 Å². The second-order valence-corrected chi connectivity index (χ2v) is 4.41. The first-order chi connectivity index (χ1) is 5.83. The summed E-state index contributed by atoms with van der Waals surface area (Å²) in [6, 6.07) is 0. The molecule has 0 aliphatic carbocycles. The zero-order valence-corrected chi connectivity index (χ0v) is 10.3. The molecule has 0 rings (SSSR count). The van der Waals surface area contributed by atoms with Crippen molar-refractivity contribution >= 4 is 5.91 Å². The van der Waals surface area contributed by atoms with Gasteiger partial charge >= 0.3 is 0 Å². The summed E-state index contributed by atoms with van der Waals surface area (Å²) in [5.74, 6) is -0.315. The van der Waals surface area contributed by atoms with Crippen LogP contribution in [0.15, 0.2) is 11.6 Å². The molecule has 0 radical (unpaired) electrons. The van der Waals surface area contributed by atoms with E-state index < -0.39 is 0 Å². The molecule has 0 aromatic heterocycles. The van der Waals surface area contributed by atoms with Crippen molar-refractivity contribution in [3.8, 4) is 0 Å². The van der Waals surface area contributed by atoms with Crippen molar-refractivity contribution in [1.29, 1.82) is 0 Å². The number of allylic oxidation sites excluding steroid dienone is 1. The molecule has 1 amide bonds.